The van der Waals surface area contributed by atoms with Crippen molar-refractivity contribution in [2.75, 3.05) is 31.2 Å². The third kappa shape index (κ3) is 4.33. The van der Waals surface area contributed by atoms with Crippen LogP contribution in [0.5, 0.6) is 11.5 Å². The topological polar surface area (TPSA) is 81.5 Å². The van der Waals surface area contributed by atoms with Crippen molar-refractivity contribution < 1.29 is 41.4 Å². The molecule has 0 radical (unpaired) electrons. The number of carbonyl (C=O) groups is 2. The quantitative estimate of drug-likeness (QED) is 0.398. The fourth-order valence-electron chi connectivity index (χ4n) is 5.88. The average molecular weight is 557 g/mol. The van der Waals surface area contributed by atoms with Crippen LogP contribution >= 0.6 is 0 Å². The Hall–Kier alpha value is -4.15. The molecule has 6 rings (SSSR count). The lowest BCUT2D eigenvalue weighted by Crippen LogP contribution is -2.50. The Morgan fingerprint density at radius 3 is 2.55 bits per heavy atom. The number of cyclic esters (lactones) is 1. The summed E-state index contributed by atoms with van der Waals surface area (Å²) in [6.45, 7) is 5.13. The van der Waals surface area contributed by atoms with Crippen LogP contribution in [-0.2, 0) is 27.7 Å². The molecule has 40 heavy (non-hydrogen) atoms. The van der Waals surface area contributed by atoms with Gasteiger partial charge in [-0.15, -0.1) is 0 Å². The van der Waals surface area contributed by atoms with Gasteiger partial charge in [0.15, 0.2) is 0 Å². The smallest absolute Gasteiger partial charge is 0.449 e. The molecular weight excluding hydrogens is 529 g/mol. The molecule has 2 amide bonds. The van der Waals surface area contributed by atoms with E-state index in [1.54, 1.807) is 35.2 Å². The number of anilines is 1. The van der Waals surface area contributed by atoms with Gasteiger partial charge in [0.05, 0.1) is 19.6 Å². The molecule has 3 aliphatic heterocycles. The van der Waals surface area contributed by atoms with Gasteiger partial charge in [0.25, 0.3) is 0 Å². The van der Waals surface area contributed by atoms with Crippen molar-refractivity contribution in [2.24, 2.45) is 0 Å². The van der Waals surface area contributed by atoms with Crippen LogP contribution in [0.15, 0.2) is 59.0 Å². The van der Waals surface area contributed by atoms with E-state index in [0.717, 1.165) is 11.6 Å². The van der Waals surface area contributed by atoms with E-state index in [1.807, 2.05) is 26.0 Å². The molecular formula is C29H27F3N2O6. The minimum atomic E-state index is -4.62. The van der Waals surface area contributed by atoms with E-state index >= 15 is 0 Å². The van der Waals surface area contributed by atoms with Crippen molar-refractivity contribution in [1.29, 1.82) is 0 Å². The molecule has 0 bridgehead atoms. The Balaban J connectivity index is 1.33. The van der Waals surface area contributed by atoms with E-state index in [2.05, 4.69) is 0 Å². The Morgan fingerprint density at radius 1 is 1.02 bits per heavy atom. The van der Waals surface area contributed by atoms with Crippen LogP contribution in [0.25, 0.3) is 0 Å². The molecule has 1 atom stereocenters. The Labute approximate surface area is 228 Å². The Kier molecular flexibility index (Phi) is 6.01. The number of alkyl halides is 3. The number of para-hydroxylation sites is 1. The molecule has 1 aromatic heterocycles. The summed E-state index contributed by atoms with van der Waals surface area (Å²) in [6.07, 6.45) is -4.66. The zero-order valence-electron chi connectivity index (χ0n) is 21.9. The van der Waals surface area contributed by atoms with Crippen molar-refractivity contribution in [1.82, 2.24) is 4.90 Å². The van der Waals surface area contributed by atoms with Gasteiger partial charge >= 0.3 is 12.3 Å². The maximum absolute atomic E-state index is 14.4. The van der Waals surface area contributed by atoms with E-state index in [0.29, 0.717) is 48.9 Å². The normalized spacial score (nSPS) is 21.3. The predicted octanol–water partition coefficient (Wildman–Crippen LogP) is 5.52. The first-order chi connectivity index (χ1) is 19.0. The monoisotopic (exact) mass is 556 g/mol. The highest BCUT2D eigenvalue weighted by Gasteiger charge is 2.58. The summed E-state index contributed by atoms with van der Waals surface area (Å²) in [6, 6.07) is 14.7. The van der Waals surface area contributed by atoms with Crippen molar-refractivity contribution in [3.8, 4) is 11.5 Å². The lowest BCUT2D eigenvalue weighted by atomic mass is 9.67. The number of amides is 2. The fourth-order valence-corrected chi connectivity index (χ4v) is 5.88. The van der Waals surface area contributed by atoms with Gasteiger partial charge in [-0.1, -0.05) is 24.3 Å². The maximum atomic E-state index is 14.4. The second-order valence-electron chi connectivity index (χ2n) is 10.7. The molecule has 210 valence electrons. The minimum absolute atomic E-state index is 0.0321. The molecule has 1 fully saturated rings. The van der Waals surface area contributed by atoms with Gasteiger partial charge in [0.1, 0.15) is 41.5 Å². The molecule has 11 heteroatoms. The molecule has 0 N–H and O–H groups in total. The SMILES string of the molecule is CC1(C)CC2(C(=O)N(Cc3ccc(C(F)(F)F)o3)c3ccccc32)c2ccc(OCCN3CCOC3=O)cc2O1. The number of ether oxygens (including phenoxy) is 3. The van der Waals surface area contributed by atoms with Crippen LogP contribution in [-0.4, -0.2) is 48.8 Å². The van der Waals surface area contributed by atoms with Crippen LogP contribution in [0.1, 0.15) is 42.9 Å². The van der Waals surface area contributed by atoms with Gasteiger partial charge < -0.3 is 28.4 Å². The van der Waals surface area contributed by atoms with Crippen LogP contribution in [0, 0.1) is 0 Å². The molecule has 0 aliphatic carbocycles. The highest BCUT2D eigenvalue weighted by molar-refractivity contribution is 6.11. The maximum Gasteiger partial charge on any atom is 0.449 e. The van der Waals surface area contributed by atoms with E-state index in [1.165, 1.54) is 11.0 Å². The predicted molar refractivity (Wildman–Crippen MR) is 136 cm³/mol. The van der Waals surface area contributed by atoms with Crippen LogP contribution in [0.2, 0.25) is 0 Å². The van der Waals surface area contributed by atoms with E-state index in [-0.39, 0.29) is 30.9 Å². The Morgan fingerprint density at radius 2 is 1.82 bits per heavy atom. The third-order valence-corrected chi connectivity index (χ3v) is 7.48. The summed E-state index contributed by atoms with van der Waals surface area (Å²) in [7, 11) is 0. The molecule has 8 nitrogen and oxygen atoms in total. The molecule has 4 heterocycles. The molecule has 1 unspecified atom stereocenters. The van der Waals surface area contributed by atoms with Crippen LogP contribution < -0.4 is 14.4 Å². The molecule has 3 aliphatic rings. The highest BCUT2D eigenvalue weighted by Crippen LogP contribution is 2.56. The standard InChI is InChI=1S/C29H27F3N2O6/c1-27(2)17-28(21-9-7-18(15-23(21)40-27)37-13-11-33-12-14-38-26(33)36)20-5-3-4-6-22(20)34(25(28)35)16-19-8-10-24(39-19)29(30,31)32/h3-10,15H,11-14,16-17H2,1-2H3. The lowest BCUT2D eigenvalue weighted by molar-refractivity contribution is -0.153. The average Bonchev–Trinajstić information content (AvgIpc) is 3.59. The highest BCUT2D eigenvalue weighted by atomic mass is 19.4. The Bertz CT molecular complexity index is 1480. The summed E-state index contributed by atoms with van der Waals surface area (Å²) in [5.74, 6) is -0.340. The van der Waals surface area contributed by atoms with Crippen LogP contribution in [0.3, 0.4) is 0 Å². The van der Waals surface area contributed by atoms with E-state index in [4.69, 9.17) is 18.6 Å². The summed E-state index contributed by atoms with van der Waals surface area (Å²) in [5.41, 5.74) is 0.140. The van der Waals surface area contributed by atoms with Gasteiger partial charge in [-0.05, 0) is 43.7 Å². The number of halogens is 3. The fraction of sp³-hybridized carbons (Fsp3) is 0.379. The molecule has 0 saturated carbocycles. The third-order valence-electron chi connectivity index (χ3n) is 7.48. The zero-order valence-corrected chi connectivity index (χ0v) is 21.9. The molecule has 3 aromatic rings. The second kappa shape index (κ2) is 9.21. The minimum Gasteiger partial charge on any atom is -0.492 e. The van der Waals surface area contributed by atoms with Gasteiger partial charge in [-0.2, -0.15) is 13.2 Å². The van der Waals surface area contributed by atoms with Crippen molar-refractivity contribution in [2.45, 2.75) is 44.0 Å². The zero-order chi connectivity index (χ0) is 28.3. The first kappa shape index (κ1) is 26.1. The lowest BCUT2D eigenvalue weighted by Gasteiger charge is -2.43. The van der Waals surface area contributed by atoms with Gasteiger partial charge in [-0.3, -0.25) is 4.79 Å². The summed E-state index contributed by atoms with van der Waals surface area (Å²) in [4.78, 5) is 29.1. The van der Waals surface area contributed by atoms with Gasteiger partial charge in [0, 0.05) is 23.7 Å². The number of hydrogen-bond donors (Lipinski definition) is 0. The number of carbonyl (C=O) groups excluding carboxylic acids is 2. The second-order valence-corrected chi connectivity index (χ2v) is 10.7. The van der Waals surface area contributed by atoms with Crippen molar-refractivity contribution in [3.05, 3.63) is 77.2 Å². The first-order valence-corrected chi connectivity index (χ1v) is 12.9. The van der Waals surface area contributed by atoms with E-state index in [9.17, 15) is 22.8 Å². The molecule has 1 saturated heterocycles. The molecule has 2 aromatic carbocycles. The summed E-state index contributed by atoms with van der Waals surface area (Å²) >= 11 is 0. The van der Waals surface area contributed by atoms with Crippen molar-refractivity contribution >= 4 is 17.7 Å². The summed E-state index contributed by atoms with van der Waals surface area (Å²) in [5, 5.41) is 0. The number of rotatable bonds is 6. The first-order valence-electron chi connectivity index (χ1n) is 12.9. The number of nitrogens with zero attached hydrogens (tertiary/aromatic N) is 2. The van der Waals surface area contributed by atoms with Crippen LogP contribution in [0.4, 0.5) is 23.7 Å². The number of fused-ring (bicyclic) bond motifs is 4. The largest absolute Gasteiger partial charge is 0.492 e. The summed E-state index contributed by atoms with van der Waals surface area (Å²) < 4.78 is 61.7. The van der Waals surface area contributed by atoms with Gasteiger partial charge in [0.2, 0.25) is 11.7 Å². The number of furan rings is 1. The number of benzene rings is 2. The van der Waals surface area contributed by atoms with E-state index < -0.39 is 23.0 Å². The molecule has 1 spiro atoms. The number of hydrogen-bond acceptors (Lipinski definition) is 6. The van der Waals surface area contributed by atoms with Gasteiger partial charge in [-0.25, -0.2) is 4.79 Å². The van der Waals surface area contributed by atoms with Crippen molar-refractivity contribution in [3.63, 3.8) is 0 Å².